The van der Waals surface area contributed by atoms with Crippen LogP contribution in [-0.2, 0) is 4.74 Å². The molecule has 1 nitrogen and oxygen atoms in total. The van der Waals surface area contributed by atoms with Gasteiger partial charge < -0.3 is 4.74 Å². The zero-order valence-corrected chi connectivity index (χ0v) is 8.89. The Bertz CT molecular complexity index is 140. The summed E-state index contributed by atoms with van der Waals surface area (Å²) in [6.07, 6.45) is 4.31. The van der Waals surface area contributed by atoms with Crippen molar-refractivity contribution in [2.75, 3.05) is 6.61 Å². The predicted molar refractivity (Wildman–Crippen MR) is 52.2 cm³/mol. The summed E-state index contributed by atoms with van der Waals surface area (Å²) >= 11 is 0. The van der Waals surface area contributed by atoms with E-state index in [0.717, 1.165) is 12.5 Å². The van der Waals surface area contributed by atoms with Crippen molar-refractivity contribution in [2.45, 2.75) is 53.1 Å². The van der Waals surface area contributed by atoms with E-state index in [1.165, 1.54) is 19.3 Å². The van der Waals surface area contributed by atoms with Crippen molar-refractivity contribution in [3.05, 3.63) is 0 Å². The molecule has 0 spiro atoms. The Labute approximate surface area is 76.5 Å². The van der Waals surface area contributed by atoms with Gasteiger partial charge in [-0.05, 0) is 24.2 Å². The number of rotatable bonds is 3. The summed E-state index contributed by atoms with van der Waals surface area (Å²) in [7, 11) is 0. The summed E-state index contributed by atoms with van der Waals surface area (Å²) in [5.74, 6) is 0.770. The predicted octanol–water partition coefficient (Wildman–Crippen LogP) is 3.24. The molecule has 0 aromatic carbocycles. The first-order valence-corrected chi connectivity index (χ1v) is 5.18. The van der Waals surface area contributed by atoms with E-state index in [2.05, 4.69) is 27.7 Å². The van der Waals surface area contributed by atoms with E-state index in [9.17, 15) is 0 Å². The van der Waals surface area contributed by atoms with Crippen LogP contribution in [0.4, 0.5) is 0 Å². The fourth-order valence-electron chi connectivity index (χ4n) is 2.13. The zero-order valence-electron chi connectivity index (χ0n) is 8.89. The second-order valence-electron chi connectivity index (χ2n) is 4.90. The molecule has 0 bridgehead atoms. The van der Waals surface area contributed by atoms with E-state index >= 15 is 0 Å². The van der Waals surface area contributed by atoms with Crippen LogP contribution in [0.2, 0.25) is 0 Å². The number of ether oxygens (including phenoxy) is 1. The van der Waals surface area contributed by atoms with Crippen molar-refractivity contribution in [2.24, 2.45) is 11.3 Å². The van der Waals surface area contributed by atoms with Crippen LogP contribution in [0.1, 0.15) is 47.0 Å². The minimum Gasteiger partial charge on any atom is -0.377 e. The van der Waals surface area contributed by atoms with Crippen LogP contribution >= 0.6 is 0 Å². The summed E-state index contributed by atoms with van der Waals surface area (Å²) < 4.78 is 5.78. The van der Waals surface area contributed by atoms with Gasteiger partial charge in [0.15, 0.2) is 0 Å². The van der Waals surface area contributed by atoms with Gasteiger partial charge in [-0.2, -0.15) is 0 Å². The van der Waals surface area contributed by atoms with Gasteiger partial charge in [-0.15, -0.1) is 0 Å². The summed E-state index contributed by atoms with van der Waals surface area (Å²) in [6, 6.07) is 0. The lowest BCUT2D eigenvalue weighted by atomic mass is 9.80. The van der Waals surface area contributed by atoms with Gasteiger partial charge in [-0.25, -0.2) is 0 Å². The highest BCUT2D eigenvalue weighted by Crippen LogP contribution is 2.36. The largest absolute Gasteiger partial charge is 0.377 e. The maximum Gasteiger partial charge on any atom is 0.0629 e. The van der Waals surface area contributed by atoms with Gasteiger partial charge in [0.2, 0.25) is 0 Å². The molecular formula is C11H22O. The van der Waals surface area contributed by atoms with Crippen molar-refractivity contribution >= 4 is 0 Å². The molecular weight excluding hydrogens is 148 g/mol. The maximum atomic E-state index is 5.78. The van der Waals surface area contributed by atoms with E-state index in [4.69, 9.17) is 4.74 Å². The topological polar surface area (TPSA) is 9.23 Å². The molecule has 0 aliphatic carbocycles. The highest BCUT2D eigenvalue weighted by atomic mass is 16.5. The van der Waals surface area contributed by atoms with E-state index in [-0.39, 0.29) is 0 Å². The fourth-order valence-corrected chi connectivity index (χ4v) is 2.13. The van der Waals surface area contributed by atoms with Gasteiger partial charge >= 0.3 is 0 Å². The molecule has 0 aromatic heterocycles. The van der Waals surface area contributed by atoms with E-state index in [0.29, 0.717) is 11.5 Å². The third kappa shape index (κ3) is 2.22. The lowest BCUT2D eigenvalue weighted by Gasteiger charge is -2.30. The highest BCUT2D eigenvalue weighted by Gasteiger charge is 2.34. The molecule has 0 N–H and O–H groups in total. The number of hydrogen-bond acceptors (Lipinski definition) is 1. The molecule has 0 radical (unpaired) electrons. The van der Waals surface area contributed by atoms with Crippen molar-refractivity contribution in [1.29, 1.82) is 0 Å². The molecule has 1 aliphatic rings. The second-order valence-corrected chi connectivity index (χ2v) is 4.90. The van der Waals surface area contributed by atoms with Gasteiger partial charge in [-0.1, -0.05) is 34.1 Å². The van der Waals surface area contributed by atoms with Gasteiger partial charge in [0.05, 0.1) is 6.10 Å². The average molecular weight is 170 g/mol. The summed E-state index contributed by atoms with van der Waals surface area (Å²) in [6.45, 7) is 10.2. The first-order valence-electron chi connectivity index (χ1n) is 5.18. The molecule has 1 heteroatoms. The molecule has 1 rings (SSSR count). The second kappa shape index (κ2) is 3.78. The van der Waals surface area contributed by atoms with E-state index in [1.807, 2.05) is 0 Å². The molecule has 72 valence electrons. The molecule has 2 unspecified atom stereocenters. The summed E-state index contributed by atoms with van der Waals surface area (Å²) in [5.41, 5.74) is 0.388. The molecule has 1 aliphatic heterocycles. The van der Waals surface area contributed by atoms with Crippen molar-refractivity contribution in [3.8, 4) is 0 Å². The Morgan fingerprint density at radius 2 is 2.08 bits per heavy atom. The molecule has 1 fully saturated rings. The summed E-state index contributed by atoms with van der Waals surface area (Å²) in [5, 5.41) is 0. The van der Waals surface area contributed by atoms with Crippen LogP contribution in [0.15, 0.2) is 0 Å². The number of hydrogen-bond donors (Lipinski definition) is 0. The Kier molecular flexibility index (Phi) is 3.16. The SMILES string of the molecule is CCCC(C)(C)C1CC(C)CO1. The smallest absolute Gasteiger partial charge is 0.0629 e. The Hall–Kier alpha value is -0.0400. The Morgan fingerprint density at radius 3 is 2.50 bits per heavy atom. The quantitative estimate of drug-likeness (QED) is 0.632. The zero-order chi connectivity index (χ0) is 9.19. The van der Waals surface area contributed by atoms with Crippen LogP contribution in [0.5, 0.6) is 0 Å². The minimum absolute atomic E-state index is 0.388. The van der Waals surface area contributed by atoms with Crippen LogP contribution < -0.4 is 0 Å². The van der Waals surface area contributed by atoms with Gasteiger partial charge in [-0.3, -0.25) is 0 Å². The maximum absolute atomic E-state index is 5.78. The monoisotopic (exact) mass is 170 g/mol. The van der Waals surface area contributed by atoms with E-state index in [1.54, 1.807) is 0 Å². The van der Waals surface area contributed by atoms with Crippen LogP contribution in [0.3, 0.4) is 0 Å². The lowest BCUT2D eigenvalue weighted by Crippen LogP contribution is -2.28. The van der Waals surface area contributed by atoms with Gasteiger partial charge in [0.1, 0.15) is 0 Å². The third-order valence-corrected chi connectivity index (χ3v) is 2.96. The highest BCUT2D eigenvalue weighted by molar-refractivity contribution is 4.83. The molecule has 0 saturated carbocycles. The van der Waals surface area contributed by atoms with Gasteiger partial charge in [0.25, 0.3) is 0 Å². The standard InChI is InChI=1S/C11H22O/c1-5-6-11(3,4)10-7-9(2)8-12-10/h9-10H,5-8H2,1-4H3. The summed E-state index contributed by atoms with van der Waals surface area (Å²) in [4.78, 5) is 0. The Balaban J connectivity index is 2.45. The van der Waals surface area contributed by atoms with Crippen LogP contribution in [0, 0.1) is 11.3 Å². The molecule has 1 heterocycles. The van der Waals surface area contributed by atoms with Crippen molar-refractivity contribution in [3.63, 3.8) is 0 Å². The van der Waals surface area contributed by atoms with Crippen molar-refractivity contribution < 1.29 is 4.74 Å². The molecule has 2 atom stereocenters. The normalized spacial score (nSPS) is 31.0. The lowest BCUT2D eigenvalue weighted by molar-refractivity contribution is 0.0132. The Morgan fingerprint density at radius 1 is 1.42 bits per heavy atom. The van der Waals surface area contributed by atoms with E-state index < -0.39 is 0 Å². The van der Waals surface area contributed by atoms with Crippen molar-refractivity contribution in [1.82, 2.24) is 0 Å². The minimum atomic E-state index is 0.388. The molecule has 0 aromatic rings. The third-order valence-electron chi connectivity index (χ3n) is 2.96. The molecule has 0 amide bonds. The average Bonchev–Trinajstić information content (AvgIpc) is 2.36. The van der Waals surface area contributed by atoms with Crippen LogP contribution in [-0.4, -0.2) is 12.7 Å². The first-order chi connectivity index (χ1) is 5.56. The fraction of sp³-hybridized carbons (Fsp3) is 1.00. The molecule has 12 heavy (non-hydrogen) atoms. The molecule has 1 saturated heterocycles. The first kappa shape index (κ1) is 10.0. The van der Waals surface area contributed by atoms with Crippen LogP contribution in [0.25, 0.3) is 0 Å². The van der Waals surface area contributed by atoms with Gasteiger partial charge in [0, 0.05) is 6.61 Å².